The van der Waals surface area contributed by atoms with Gasteiger partial charge in [0.05, 0.1) is 23.7 Å². The zero-order chi connectivity index (χ0) is 15.2. The van der Waals surface area contributed by atoms with E-state index >= 15 is 0 Å². The van der Waals surface area contributed by atoms with Crippen molar-refractivity contribution in [1.29, 1.82) is 5.26 Å². The van der Waals surface area contributed by atoms with E-state index in [-0.39, 0.29) is 5.69 Å². The number of methoxy groups -OCH3 is 1. The smallest absolute Gasteiger partial charge is 0.269 e. The number of rotatable bonds is 4. The predicted molar refractivity (Wildman–Crippen MR) is 79.6 cm³/mol. The number of nitro benzene ring substituents is 1. The number of hydrogen-bond acceptors (Lipinski definition) is 4. The van der Waals surface area contributed by atoms with Gasteiger partial charge in [0, 0.05) is 17.7 Å². The van der Waals surface area contributed by atoms with Gasteiger partial charge in [-0.15, -0.1) is 0 Å². The lowest BCUT2D eigenvalue weighted by molar-refractivity contribution is -0.384. The summed E-state index contributed by atoms with van der Waals surface area (Å²) < 4.78 is 5.23. The minimum absolute atomic E-state index is 0.00617. The van der Waals surface area contributed by atoms with Gasteiger partial charge in [-0.2, -0.15) is 5.26 Å². The third kappa shape index (κ3) is 3.25. The van der Waals surface area contributed by atoms with Crippen LogP contribution in [0.5, 0.6) is 5.75 Å². The third-order valence-electron chi connectivity index (χ3n) is 2.95. The normalized spacial score (nSPS) is 10.8. The van der Waals surface area contributed by atoms with E-state index in [4.69, 9.17) is 4.74 Å². The Morgan fingerprint density at radius 1 is 1.24 bits per heavy atom. The predicted octanol–water partition coefficient (Wildman–Crippen LogP) is 3.67. The summed E-state index contributed by atoms with van der Waals surface area (Å²) in [7, 11) is 1.56. The van der Waals surface area contributed by atoms with Gasteiger partial charge in [-0.25, -0.2) is 0 Å². The fraction of sp³-hybridized carbons (Fsp3) is 0.0625. The highest BCUT2D eigenvalue weighted by atomic mass is 16.6. The number of hydrogen-bond donors (Lipinski definition) is 0. The molecule has 0 spiro atoms. The molecule has 0 radical (unpaired) electrons. The van der Waals surface area contributed by atoms with Gasteiger partial charge in [-0.1, -0.05) is 18.2 Å². The number of ether oxygens (including phenoxy) is 1. The number of non-ortho nitro benzene ring substituents is 1. The second-order valence-corrected chi connectivity index (χ2v) is 4.22. The minimum atomic E-state index is -0.472. The molecule has 0 fully saturated rings. The van der Waals surface area contributed by atoms with Crippen LogP contribution in [0.2, 0.25) is 0 Å². The highest BCUT2D eigenvalue weighted by molar-refractivity contribution is 5.90. The van der Waals surface area contributed by atoms with Gasteiger partial charge in [0.2, 0.25) is 0 Å². The second-order valence-electron chi connectivity index (χ2n) is 4.22. The topological polar surface area (TPSA) is 76.2 Å². The summed E-state index contributed by atoms with van der Waals surface area (Å²) in [5.74, 6) is 0.659. The minimum Gasteiger partial charge on any atom is -0.496 e. The molecule has 5 nitrogen and oxygen atoms in total. The molecule has 0 heterocycles. The molecule has 104 valence electrons. The Balaban J connectivity index is 2.42. The molecular formula is C16H12N2O3. The van der Waals surface area contributed by atoms with Crippen LogP contribution in [0.1, 0.15) is 11.1 Å². The lowest BCUT2D eigenvalue weighted by Gasteiger charge is -2.05. The summed E-state index contributed by atoms with van der Waals surface area (Å²) in [6.45, 7) is 0. The fourth-order valence-corrected chi connectivity index (χ4v) is 1.88. The van der Waals surface area contributed by atoms with E-state index < -0.39 is 4.92 Å². The van der Waals surface area contributed by atoms with Crippen LogP contribution in [-0.2, 0) is 0 Å². The van der Waals surface area contributed by atoms with E-state index in [2.05, 4.69) is 6.07 Å². The molecule has 0 aliphatic carbocycles. The van der Waals surface area contributed by atoms with Crippen molar-refractivity contribution >= 4 is 17.3 Å². The molecule has 0 bridgehead atoms. The van der Waals surface area contributed by atoms with Crippen LogP contribution in [0.15, 0.2) is 48.5 Å². The van der Waals surface area contributed by atoms with Gasteiger partial charge in [0.1, 0.15) is 5.75 Å². The first kappa shape index (κ1) is 14.3. The van der Waals surface area contributed by atoms with Gasteiger partial charge in [0.15, 0.2) is 0 Å². The van der Waals surface area contributed by atoms with E-state index in [0.29, 0.717) is 16.9 Å². The van der Waals surface area contributed by atoms with Gasteiger partial charge in [-0.3, -0.25) is 10.1 Å². The van der Waals surface area contributed by atoms with Gasteiger partial charge >= 0.3 is 0 Å². The summed E-state index contributed by atoms with van der Waals surface area (Å²) in [6, 6.07) is 15.3. The monoisotopic (exact) mass is 280 g/mol. The third-order valence-corrected chi connectivity index (χ3v) is 2.95. The zero-order valence-electron chi connectivity index (χ0n) is 11.3. The van der Waals surface area contributed by atoms with Crippen molar-refractivity contribution < 1.29 is 9.66 Å². The van der Waals surface area contributed by atoms with Crippen molar-refractivity contribution in [3.63, 3.8) is 0 Å². The van der Waals surface area contributed by atoms with Crippen LogP contribution < -0.4 is 4.74 Å². The van der Waals surface area contributed by atoms with E-state index in [9.17, 15) is 15.4 Å². The van der Waals surface area contributed by atoms with Crippen molar-refractivity contribution in [1.82, 2.24) is 0 Å². The first-order valence-electron chi connectivity index (χ1n) is 6.15. The van der Waals surface area contributed by atoms with Gasteiger partial charge in [0.25, 0.3) is 5.69 Å². The molecule has 0 aliphatic heterocycles. The van der Waals surface area contributed by atoms with E-state index in [1.807, 2.05) is 18.2 Å². The first-order chi connectivity index (χ1) is 10.2. The maximum absolute atomic E-state index is 10.6. The Kier molecular flexibility index (Phi) is 4.32. The highest BCUT2D eigenvalue weighted by Crippen LogP contribution is 2.25. The molecule has 0 saturated heterocycles. The van der Waals surface area contributed by atoms with E-state index in [0.717, 1.165) is 5.56 Å². The molecule has 2 aromatic rings. The summed E-state index contributed by atoms with van der Waals surface area (Å²) in [5.41, 5.74) is 1.80. The van der Waals surface area contributed by atoms with Crippen molar-refractivity contribution in [3.8, 4) is 11.8 Å². The standard InChI is InChI=1S/C16H12N2O3/c1-21-16-5-3-2-4-13(16)10-14(11-17)12-6-8-15(9-7-12)18(19)20/h2-10H,1H3. The molecule has 2 rings (SSSR count). The Bertz CT molecular complexity index is 728. The first-order valence-corrected chi connectivity index (χ1v) is 6.15. The maximum atomic E-state index is 10.6. The van der Waals surface area contributed by atoms with Crippen LogP contribution in [0.3, 0.4) is 0 Å². The fourth-order valence-electron chi connectivity index (χ4n) is 1.88. The molecule has 2 aromatic carbocycles. The lowest BCUT2D eigenvalue weighted by atomic mass is 10.0. The number of benzene rings is 2. The summed E-state index contributed by atoms with van der Waals surface area (Å²) >= 11 is 0. The summed E-state index contributed by atoms with van der Waals surface area (Å²) in [4.78, 5) is 10.2. The molecular weight excluding hydrogens is 268 g/mol. The highest BCUT2D eigenvalue weighted by Gasteiger charge is 2.08. The average molecular weight is 280 g/mol. The zero-order valence-corrected chi connectivity index (χ0v) is 11.3. The van der Waals surface area contributed by atoms with Crippen LogP contribution in [-0.4, -0.2) is 12.0 Å². The molecule has 0 amide bonds. The average Bonchev–Trinajstić information content (AvgIpc) is 2.53. The van der Waals surface area contributed by atoms with E-state index in [1.165, 1.54) is 12.1 Å². The molecule has 0 aliphatic rings. The number of allylic oxidation sites excluding steroid dienone is 1. The Morgan fingerprint density at radius 2 is 1.90 bits per heavy atom. The Labute approximate surface area is 121 Å². The number of nitriles is 1. The number of nitrogens with zero attached hydrogens (tertiary/aromatic N) is 2. The Morgan fingerprint density at radius 3 is 2.48 bits per heavy atom. The van der Waals surface area contributed by atoms with Crippen molar-refractivity contribution in [3.05, 3.63) is 69.8 Å². The second kappa shape index (κ2) is 6.35. The van der Waals surface area contributed by atoms with Crippen LogP contribution in [0, 0.1) is 21.4 Å². The summed E-state index contributed by atoms with van der Waals surface area (Å²) in [5, 5.41) is 19.9. The molecule has 0 atom stereocenters. The molecule has 0 aromatic heterocycles. The number of para-hydroxylation sites is 1. The van der Waals surface area contributed by atoms with Crippen LogP contribution >= 0.6 is 0 Å². The van der Waals surface area contributed by atoms with Crippen LogP contribution in [0.25, 0.3) is 11.6 Å². The molecule has 0 N–H and O–H groups in total. The Hall–Kier alpha value is -3.13. The van der Waals surface area contributed by atoms with Gasteiger partial charge in [-0.05, 0) is 29.8 Å². The van der Waals surface area contributed by atoms with E-state index in [1.54, 1.807) is 31.4 Å². The number of nitro groups is 1. The largest absolute Gasteiger partial charge is 0.496 e. The quantitative estimate of drug-likeness (QED) is 0.370. The van der Waals surface area contributed by atoms with Crippen molar-refractivity contribution in [2.24, 2.45) is 0 Å². The van der Waals surface area contributed by atoms with Crippen molar-refractivity contribution in [2.45, 2.75) is 0 Å². The molecule has 0 saturated carbocycles. The maximum Gasteiger partial charge on any atom is 0.269 e. The molecule has 21 heavy (non-hydrogen) atoms. The SMILES string of the molecule is COc1ccccc1C=C(C#N)c1ccc([N+](=O)[O-])cc1. The lowest BCUT2D eigenvalue weighted by Crippen LogP contribution is -1.89. The van der Waals surface area contributed by atoms with Crippen LogP contribution in [0.4, 0.5) is 5.69 Å². The van der Waals surface area contributed by atoms with Crippen molar-refractivity contribution in [2.75, 3.05) is 7.11 Å². The molecule has 0 unspecified atom stereocenters. The molecule has 5 heteroatoms. The van der Waals surface area contributed by atoms with Gasteiger partial charge < -0.3 is 4.74 Å². The summed E-state index contributed by atoms with van der Waals surface area (Å²) in [6.07, 6.45) is 1.69.